The lowest BCUT2D eigenvalue weighted by atomic mass is 10.0. The van der Waals surface area contributed by atoms with Gasteiger partial charge in [-0.05, 0) is 53.4 Å². The molecule has 3 heterocycles. The number of rotatable bonds is 7. The van der Waals surface area contributed by atoms with Crippen LogP contribution in [-0.4, -0.2) is 45.4 Å². The van der Waals surface area contributed by atoms with E-state index in [9.17, 15) is 4.79 Å². The largest absolute Gasteiger partial charge is 0.490 e. The monoisotopic (exact) mass is 469 g/mol. The van der Waals surface area contributed by atoms with Gasteiger partial charge in [0.05, 0.1) is 13.2 Å². The van der Waals surface area contributed by atoms with Crippen molar-refractivity contribution in [2.75, 3.05) is 18.5 Å². The molecule has 1 saturated heterocycles. The molecule has 2 N–H and O–H groups in total. The fraction of sp³-hybridized carbons (Fsp3) is 0.259. The molecule has 0 radical (unpaired) electrons. The van der Waals surface area contributed by atoms with Crippen molar-refractivity contribution in [3.8, 4) is 16.9 Å². The summed E-state index contributed by atoms with van der Waals surface area (Å²) in [6, 6.07) is 19.7. The zero-order valence-electron chi connectivity index (χ0n) is 19.5. The van der Waals surface area contributed by atoms with Crippen molar-refractivity contribution < 1.29 is 14.3 Å². The Morgan fingerprint density at radius 2 is 1.91 bits per heavy atom. The van der Waals surface area contributed by atoms with E-state index in [0.717, 1.165) is 54.1 Å². The zero-order valence-corrected chi connectivity index (χ0v) is 19.5. The van der Waals surface area contributed by atoms with Crippen LogP contribution in [0.3, 0.4) is 0 Å². The fourth-order valence-corrected chi connectivity index (χ4v) is 4.08. The maximum Gasteiger partial charge on any atom is 0.294 e. The van der Waals surface area contributed by atoms with Crippen molar-refractivity contribution in [1.82, 2.24) is 20.2 Å². The van der Waals surface area contributed by atoms with Gasteiger partial charge in [-0.25, -0.2) is 4.98 Å². The second-order valence-electron chi connectivity index (χ2n) is 8.57. The Hall–Kier alpha value is -4.04. The van der Waals surface area contributed by atoms with Crippen LogP contribution in [0.1, 0.15) is 40.4 Å². The number of carbonyl (C=O) groups is 1. The van der Waals surface area contributed by atoms with Crippen molar-refractivity contribution in [2.45, 2.75) is 32.3 Å². The van der Waals surface area contributed by atoms with Crippen LogP contribution in [0.5, 0.6) is 5.75 Å². The molecule has 1 aliphatic rings. The second-order valence-corrected chi connectivity index (χ2v) is 8.57. The molecule has 0 saturated carbocycles. The summed E-state index contributed by atoms with van der Waals surface area (Å²) in [5.41, 5.74) is 4.15. The summed E-state index contributed by atoms with van der Waals surface area (Å²) in [5, 5.41) is 10.9. The van der Waals surface area contributed by atoms with E-state index in [1.165, 1.54) is 0 Å². The van der Waals surface area contributed by atoms with Gasteiger partial charge in [0.15, 0.2) is 0 Å². The average molecular weight is 470 g/mol. The van der Waals surface area contributed by atoms with E-state index < -0.39 is 5.91 Å². The number of aromatic nitrogens is 4. The third-order valence-corrected chi connectivity index (χ3v) is 5.96. The number of carbonyl (C=O) groups excluding carboxylic acids is 1. The Balaban J connectivity index is 1.29. The number of nitrogens with one attached hydrogen (secondary N) is 2. The van der Waals surface area contributed by atoms with Crippen LogP contribution in [0.25, 0.3) is 11.1 Å². The van der Waals surface area contributed by atoms with Crippen molar-refractivity contribution in [3.05, 3.63) is 89.6 Å². The molecule has 0 spiro atoms. The van der Waals surface area contributed by atoms with Gasteiger partial charge in [-0.1, -0.05) is 36.4 Å². The number of benzene rings is 2. The summed E-state index contributed by atoms with van der Waals surface area (Å²) in [6.07, 6.45) is 4.20. The van der Waals surface area contributed by atoms with Crippen molar-refractivity contribution >= 4 is 11.7 Å². The number of aromatic amines is 1. The van der Waals surface area contributed by atoms with Crippen molar-refractivity contribution in [2.24, 2.45) is 0 Å². The quantitative estimate of drug-likeness (QED) is 0.411. The summed E-state index contributed by atoms with van der Waals surface area (Å²) in [7, 11) is 0. The molecule has 0 atom stereocenters. The molecule has 8 heteroatoms. The maximum atomic E-state index is 12.8. The molecule has 0 unspecified atom stereocenters. The van der Waals surface area contributed by atoms with Crippen LogP contribution >= 0.6 is 0 Å². The normalized spacial score (nSPS) is 14.0. The van der Waals surface area contributed by atoms with Gasteiger partial charge in [0.2, 0.25) is 5.82 Å². The fourth-order valence-electron chi connectivity index (χ4n) is 4.08. The van der Waals surface area contributed by atoms with Crippen LogP contribution in [0, 0.1) is 6.92 Å². The number of amides is 1. The first-order valence-corrected chi connectivity index (χ1v) is 11.7. The molecular weight excluding hydrogens is 442 g/mol. The van der Waals surface area contributed by atoms with Gasteiger partial charge >= 0.3 is 0 Å². The summed E-state index contributed by atoms with van der Waals surface area (Å²) >= 11 is 0. The molecule has 1 aliphatic heterocycles. The molecule has 2 aromatic carbocycles. The molecule has 2 aromatic heterocycles. The first kappa shape index (κ1) is 22.7. The Morgan fingerprint density at radius 1 is 1.09 bits per heavy atom. The molecular formula is C27H27N5O3. The van der Waals surface area contributed by atoms with E-state index in [1.807, 2.05) is 60.7 Å². The molecule has 1 fully saturated rings. The van der Waals surface area contributed by atoms with Gasteiger partial charge in [0.25, 0.3) is 5.91 Å². The highest BCUT2D eigenvalue weighted by molar-refractivity contribution is 6.01. The molecule has 1 amide bonds. The second kappa shape index (κ2) is 10.5. The number of hydrogen-bond donors (Lipinski definition) is 2. The summed E-state index contributed by atoms with van der Waals surface area (Å²) in [6.45, 7) is 3.51. The third-order valence-electron chi connectivity index (χ3n) is 5.96. The van der Waals surface area contributed by atoms with Gasteiger partial charge in [-0.15, -0.1) is 10.2 Å². The Bertz CT molecular complexity index is 1300. The number of hydrogen-bond acceptors (Lipinski definition) is 6. The van der Waals surface area contributed by atoms with Gasteiger partial charge in [0, 0.05) is 25.5 Å². The highest BCUT2D eigenvalue weighted by atomic mass is 16.5. The van der Waals surface area contributed by atoms with E-state index in [4.69, 9.17) is 9.47 Å². The standard InChI is InChI=1S/C27H27N5O3/c1-18-7-8-22(35-21-10-13-34-14-11-21)17-23(18)20-9-12-28-24(16-20)30-27(33)26-29-25(31-32-26)15-19-5-3-2-4-6-19/h2-9,12,16-17,21H,10-11,13-15H2,1H3,(H,28,30,33)(H,29,31,32). The van der Waals surface area contributed by atoms with E-state index in [-0.39, 0.29) is 11.9 Å². The van der Waals surface area contributed by atoms with Crippen molar-refractivity contribution in [1.29, 1.82) is 0 Å². The lowest BCUT2D eigenvalue weighted by Crippen LogP contribution is -2.25. The first-order chi connectivity index (χ1) is 17.1. The van der Waals surface area contributed by atoms with E-state index in [0.29, 0.717) is 18.1 Å². The summed E-state index contributed by atoms with van der Waals surface area (Å²) in [4.78, 5) is 20.1. The van der Waals surface area contributed by atoms with Gasteiger partial charge in [-0.2, -0.15) is 0 Å². The molecule has 5 rings (SSSR count). The lowest BCUT2D eigenvalue weighted by Gasteiger charge is -2.23. The Labute approximate surface area is 203 Å². The van der Waals surface area contributed by atoms with Crippen LogP contribution in [0.15, 0.2) is 66.9 Å². The molecule has 35 heavy (non-hydrogen) atoms. The van der Waals surface area contributed by atoms with Gasteiger partial charge in [0.1, 0.15) is 23.5 Å². The smallest absolute Gasteiger partial charge is 0.294 e. The van der Waals surface area contributed by atoms with E-state index >= 15 is 0 Å². The topological polar surface area (TPSA) is 102 Å². The highest BCUT2D eigenvalue weighted by Gasteiger charge is 2.17. The molecule has 4 aromatic rings. The number of aryl methyl sites for hydroxylation is 1. The van der Waals surface area contributed by atoms with E-state index in [1.54, 1.807) is 6.20 Å². The number of ether oxygens (including phenoxy) is 2. The number of nitrogens with zero attached hydrogens (tertiary/aromatic N) is 3. The van der Waals surface area contributed by atoms with Crippen LogP contribution in [-0.2, 0) is 11.2 Å². The van der Waals surface area contributed by atoms with Crippen LogP contribution in [0.4, 0.5) is 5.82 Å². The molecule has 8 nitrogen and oxygen atoms in total. The van der Waals surface area contributed by atoms with Gasteiger partial charge < -0.3 is 19.8 Å². The zero-order chi connectivity index (χ0) is 24.0. The number of H-pyrrole nitrogens is 1. The van der Waals surface area contributed by atoms with Crippen LogP contribution in [0.2, 0.25) is 0 Å². The summed E-state index contributed by atoms with van der Waals surface area (Å²) < 4.78 is 11.6. The lowest BCUT2D eigenvalue weighted by molar-refractivity contribution is 0.0256. The first-order valence-electron chi connectivity index (χ1n) is 11.7. The minimum absolute atomic E-state index is 0.145. The molecule has 0 aliphatic carbocycles. The number of anilines is 1. The average Bonchev–Trinajstić information content (AvgIpc) is 3.35. The Kier molecular flexibility index (Phi) is 6.81. The minimum Gasteiger partial charge on any atom is -0.490 e. The summed E-state index contributed by atoms with van der Waals surface area (Å²) in [5.74, 6) is 1.64. The molecule has 0 bridgehead atoms. The van der Waals surface area contributed by atoms with E-state index in [2.05, 4.69) is 32.4 Å². The van der Waals surface area contributed by atoms with Crippen molar-refractivity contribution in [3.63, 3.8) is 0 Å². The molecule has 178 valence electrons. The van der Waals surface area contributed by atoms with Gasteiger partial charge in [-0.3, -0.25) is 4.79 Å². The third kappa shape index (κ3) is 5.73. The highest BCUT2D eigenvalue weighted by Crippen LogP contribution is 2.30. The minimum atomic E-state index is -0.394. The predicted octanol–water partition coefficient (Wildman–Crippen LogP) is 4.58. The SMILES string of the molecule is Cc1ccc(OC2CCOCC2)cc1-c1ccnc(NC(=O)c2nnc(Cc3ccccc3)[nH]2)c1. The predicted molar refractivity (Wildman–Crippen MR) is 132 cm³/mol. The maximum absolute atomic E-state index is 12.8. The number of pyridine rings is 1. The van der Waals surface area contributed by atoms with Crippen LogP contribution < -0.4 is 10.1 Å². The Morgan fingerprint density at radius 3 is 2.74 bits per heavy atom.